The fraction of sp³-hybridized carbons (Fsp3) is 0.300. The van der Waals surface area contributed by atoms with Crippen molar-refractivity contribution in [3.8, 4) is 0 Å². The smallest absolute Gasteiger partial charge is 0.235 e. The molecule has 2 amide bonds. The summed E-state index contributed by atoms with van der Waals surface area (Å²) in [5, 5.41) is 6.51. The van der Waals surface area contributed by atoms with Gasteiger partial charge in [0.1, 0.15) is 0 Å². The minimum Gasteiger partial charge on any atom is -0.326 e. The van der Waals surface area contributed by atoms with Crippen LogP contribution in [0.15, 0.2) is 42.5 Å². The summed E-state index contributed by atoms with van der Waals surface area (Å²) in [6.45, 7) is 3.35. The maximum absolute atomic E-state index is 13.1. The lowest BCUT2D eigenvalue weighted by atomic mass is 9.64. The quantitative estimate of drug-likeness (QED) is 0.836. The SMILES string of the molecule is CC(=O)Nc1cccc(NC(=O)C2(c3ccc(Cl)cc3)CCC2)c1C. The van der Waals surface area contributed by atoms with Gasteiger partial charge in [0.2, 0.25) is 11.8 Å². The first kappa shape index (κ1) is 17.5. The van der Waals surface area contributed by atoms with Crippen molar-refractivity contribution in [1.29, 1.82) is 0 Å². The Bertz CT molecular complexity index is 811. The van der Waals surface area contributed by atoms with Crippen molar-refractivity contribution in [2.75, 3.05) is 10.6 Å². The molecule has 4 nitrogen and oxygen atoms in total. The lowest BCUT2D eigenvalue weighted by molar-refractivity contribution is -0.124. The van der Waals surface area contributed by atoms with Gasteiger partial charge >= 0.3 is 0 Å². The van der Waals surface area contributed by atoms with Crippen molar-refractivity contribution in [3.05, 3.63) is 58.6 Å². The van der Waals surface area contributed by atoms with Crippen LogP contribution in [0, 0.1) is 6.92 Å². The van der Waals surface area contributed by atoms with Gasteiger partial charge in [0.05, 0.1) is 5.41 Å². The number of halogens is 1. The average molecular weight is 357 g/mol. The van der Waals surface area contributed by atoms with E-state index in [9.17, 15) is 9.59 Å². The molecule has 1 aliphatic carbocycles. The molecule has 5 heteroatoms. The Kier molecular flexibility index (Phi) is 4.82. The maximum atomic E-state index is 13.1. The Morgan fingerprint density at radius 2 is 1.60 bits per heavy atom. The molecule has 3 rings (SSSR count). The minimum atomic E-state index is -0.499. The summed E-state index contributed by atoms with van der Waals surface area (Å²) in [5.74, 6) is -0.146. The molecule has 25 heavy (non-hydrogen) atoms. The summed E-state index contributed by atoms with van der Waals surface area (Å²) < 4.78 is 0. The molecule has 0 aromatic heterocycles. The number of rotatable bonds is 4. The van der Waals surface area contributed by atoms with E-state index in [4.69, 9.17) is 11.6 Å². The first-order chi connectivity index (χ1) is 11.9. The molecule has 1 fully saturated rings. The van der Waals surface area contributed by atoms with E-state index in [2.05, 4.69) is 10.6 Å². The zero-order valence-corrected chi connectivity index (χ0v) is 15.1. The van der Waals surface area contributed by atoms with Gasteiger partial charge in [0.25, 0.3) is 0 Å². The Hall–Kier alpha value is -2.33. The van der Waals surface area contributed by atoms with Crippen LogP contribution in [0.1, 0.15) is 37.3 Å². The third-order valence-electron chi connectivity index (χ3n) is 4.93. The summed E-state index contributed by atoms with van der Waals surface area (Å²) in [6.07, 6.45) is 2.68. The molecule has 0 aliphatic heterocycles. The summed E-state index contributed by atoms with van der Waals surface area (Å²) in [6, 6.07) is 13.0. The number of benzene rings is 2. The zero-order valence-electron chi connectivity index (χ0n) is 14.4. The highest BCUT2D eigenvalue weighted by molar-refractivity contribution is 6.30. The molecule has 0 bridgehead atoms. The second-order valence-electron chi connectivity index (χ2n) is 6.56. The first-order valence-corrected chi connectivity index (χ1v) is 8.75. The van der Waals surface area contributed by atoms with E-state index in [1.54, 1.807) is 0 Å². The van der Waals surface area contributed by atoms with E-state index in [0.717, 1.165) is 36.1 Å². The highest BCUT2D eigenvalue weighted by atomic mass is 35.5. The Labute approximate surface area is 152 Å². The van der Waals surface area contributed by atoms with Crippen molar-refractivity contribution >= 4 is 34.8 Å². The normalized spacial score (nSPS) is 15.2. The van der Waals surface area contributed by atoms with Gasteiger partial charge in [-0.15, -0.1) is 0 Å². The van der Waals surface area contributed by atoms with E-state index < -0.39 is 5.41 Å². The first-order valence-electron chi connectivity index (χ1n) is 8.37. The maximum Gasteiger partial charge on any atom is 0.235 e. The zero-order chi connectivity index (χ0) is 18.0. The van der Waals surface area contributed by atoms with Gasteiger partial charge in [-0.3, -0.25) is 9.59 Å². The van der Waals surface area contributed by atoms with Crippen molar-refractivity contribution < 1.29 is 9.59 Å². The fourth-order valence-corrected chi connectivity index (χ4v) is 3.41. The Balaban J connectivity index is 1.86. The Morgan fingerprint density at radius 3 is 2.12 bits per heavy atom. The third kappa shape index (κ3) is 3.40. The van der Waals surface area contributed by atoms with E-state index in [1.807, 2.05) is 49.4 Å². The van der Waals surface area contributed by atoms with E-state index >= 15 is 0 Å². The molecular weight excluding hydrogens is 336 g/mol. The molecular formula is C20H21ClN2O2. The lowest BCUT2D eigenvalue weighted by Gasteiger charge is -2.41. The number of hydrogen-bond acceptors (Lipinski definition) is 2. The monoisotopic (exact) mass is 356 g/mol. The van der Waals surface area contributed by atoms with Crippen LogP contribution in [-0.2, 0) is 15.0 Å². The summed E-state index contributed by atoms with van der Waals surface area (Å²) in [7, 11) is 0. The molecule has 1 saturated carbocycles. The van der Waals surface area contributed by atoms with Crippen LogP contribution in [0.25, 0.3) is 0 Å². The number of nitrogens with one attached hydrogen (secondary N) is 2. The second-order valence-corrected chi connectivity index (χ2v) is 6.99. The fourth-order valence-electron chi connectivity index (χ4n) is 3.28. The van der Waals surface area contributed by atoms with Crippen LogP contribution in [0.3, 0.4) is 0 Å². The van der Waals surface area contributed by atoms with Gasteiger partial charge in [-0.25, -0.2) is 0 Å². The molecule has 2 aromatic carbocycles. The van der Waals surface area contributed by atoms with Crippen molar-refractivity contribution in [1.82, 2.24) is 0 Å². The van der Waals surface area contributed by atoms with E-state index in [-0.39, 0.29) is 11.8 Å². The summed E-state index contributed by atoms with van der Waals surface area (Å²) in [5.41, 5.74) is 2.77. The predicted molar refractivity (Wildman–Crippen MR) is 101 cm³/mol. The number of carbonyl (C=O) groups excluding carboxylic acids is 2. The predicted octanol–water partition coefficient (Wildman–Crippen LogP) is 4.67. The van der Waals surface area contributed by atoms with Gasteiger partial charge in [0, 0.05) is 23.3 Å². The van der Waals surface area contributed by atoms with Crippen LogP contribution in [0.4, 0.5) is 11.4 Å². The topological polar surface area (TPSA) is 58.2 Å². The van der Waals surface area contributed by atoms with E-state index in [0.29, 0.717) is 10.7 Å². The molecule has 0 heterocycles. The number of carbonyl (C=O) groups is 2. The highest BCUT2D eigenvalue weighted by Gasteiger charge is 2.45. The van der Waals surface area contributed by atoms with Crippen LogP contribution < -0.4 is 10.6 Å². The number of hydrogen-bond donors (Lipinski definition) is 2. The molecule has 1 aliphatic rings. The van der Waals surface area contributed by atoms with Gasteiger partial charge in [-0.05, 0) is 55.2 Å². The van der Waals surface area contributed by atoms with Crippen LogP contribution >= 0.6 is 11.6 Å². The molecule has 130 valence electrons. The van der Waals surface area contributed by atoms with Gasteiger partial charge in [0.15, 0.2) is 0 Å². The van der Waals surface area contributed by atoms with Crippen molar-refractivity contribution in [2.45, 2.75) is 38.5 Å². The van der Waals surface area contributed by atoms with Crippen LogP contribution in [-0.4, -0.2) is 11.8 Å². The standard InChI is InChI=1S/C20H21ClN2O2/c1-13-17(22-14(2)24)5-3-6-18(13)23-19(25)20(11-4-12-20)15-7-9-16(21)10-8-15/h3,5-10H,4,11-12H2,1-2H3,(H,22,24)(H,23,25). The Morgan fingerprint density at radius 1 is 1.00 bits per heavy atom. The van der Waals surface area contributed by atoms with Crippen LogP contribution in [0.5, 0.6) is 0 Å². The van der Waals surface area contributed by atoms with Gasteiger partial charge in [-0.2, -0.15) is 0 Å². The van der Waals surface area contributed by atoms with Crippen molar-refractivity contribution in [2.24, 2.45) is 0 Å². The number of amides is 2. The summed E-state index contributed by atoms with van der Waals surface area (Å²) in [4.78, 5) is 24.4. The van der Waals surface area contributed by atoms with Gasteiger partial charge in [-0.1, -0.05) is 36.2 Å². The van der Waals surface area contributed by atoms with Crippen molar-refractivity contribution in [3.63, 3.8) is 0 Å². The molecule has 2 N–H and O–H groups in total. The molecule has 0 atom stereocenters. The minimum absolute atomic E-state index is 0.0100. The molecule has 0 saturated heterocycles. The van der Waals surface area contributed by atoms with Gasteiger partial charge < -0.3 is 10.6 Å². The summed E-state index contributed by atoms with van der Waals surface area (Å²) >= 11 is 5.98. The lowest BCUT2D eigenvalue weighted by Crippen LogP contribution is -2.46. The third-order valence-corrected chi connectivity index (χ3v) is 5.18. The molecule has 0 radical (unpaired) electrons. The number of anilines is 2. The van der Waals surface area contributed by atoms with Crippen LogP contribution in [0.2, 0.25) is 5.02 Å². The molecule has 2 aromatic rings. The van der Waals surface area contributed by atoms with E-state index in [1.165, 1.54) is 6.92 Å². The molecule has 0 spiro atoms. The second kappa shape index (κ2) is 6.89. The largest absolute Gasteiger partial charge is 0.326 e. The average Bonchev–Trinajstić information content (AvgIpc) is 2.51. The molecule has 0 unspecified atom stereocenters. The highest BCUT2D eigenvalue weighted by Crippen LogP contribution is 2.45.